The number of amides is 2. The number of hydrogen-bond acceptors (Lipinski definition) is 7. The molecule has 0 spiro atoms. The van der Waals surface area contributed by atoms with Gasteiger partial charge in [-0.05, 0) is 131 Å². The number of rotatable bonds is 19. The molecule has 2 amide bonds. The molecule has 0 aliphatic carbocycles. The van der Waals surface area contributed by atoms with Crippen LogP contribution in [0.5, 0.6) is 0 Å². The molecule has 0 bridgehead atoms. The summed E-state index contributed by atoms with van der Waals surface area (Å²) in [5.41, 5.74) is 9.90. The van der Waals surface area contributed by atoms with Gasteiger partial charge in [0.05, 0.1) is 23.6 Å². The van der Waals surface area contributed by atoms with Crippen LogP contribution in [-0.4, -0.2) is 107 Å². The molecule has 7 rings (SSSR count). The van der Waals surface area contributed by atoms with Crippen molar-refractivity contribution in [2.24, 2.45) is 4.99 Å². The number of likely N-dealkylation sites (tertiary alicyclic amines) is 1. The first-order valence-corrected chi connectivity index (χ1v) is 25.0. The van der Waals surface area contributed by atoms with Crippen molar-refractivity contribution < 1.29 is 18.4 Å². The standard InChI is InChI=1S/C56H70ClF2N7O2/c1-9-12-21-50(56(68)60-8)66-35-46-44(38(66)5)32-43(58)33-45(46)42-24-28-62(29-25-42)26-16-14-13-15-17-27-64-40(7)52-36-63(53(67)11-3)30-31-65(52)39(6)51(64)34-61-49-23-22-47(57)54(37(49)4)55-41(10-2)19-18-20-48(55)59/h9-10,18-20,22-23,32-34,42,50,52H,1-2,5,7,11-17,21,24-31,35-36H2,3-4,6,8H3,(H,60,68). The highest BCUT2D eigenvalue weighted by Crippen LogP contribution is 2.43. The molecule has 2 atom stereocenters. The molecule has 12 heteroatoms. The number of piperazine rings is 1. The molecule has 4 aliphatic heterocycles. The monoisotopic (exact) mass is 946 g/mol. The number of aliphatic imine (C=N–C) groups is 1. The minimum absolute atomic E-state index is 0.0208. The normalized spacial score (nSPS) is 18.4. The molecular formula is C56H70ClF2N7O2. The van der Waals surface area contributed by atoms with Gasteiger partial charge in [-0.25, -0.2) is 8.78 Å². The van der Waals surface area contributed by atoms with Crippen molar-refractivity contribution in [3.63, 3.8) is 0 Å². The molecule has 0 aromatic heterocycles. The lowest BCUT2D eigenvalue weighted by molar-refractivity contribution is -0.133. The van der Waals surface area contributed by atoms with Gasteiger partial charge in [0, 0.05) is 85.0 Å². The third-order valence-corrected chi connectivity index (χ3v) is 15.1. The molecular weight excluding hydrogens is 876 g/mol. The van der Waals surface area contributed by atoms with Crippen LogP contribution in [0.15, 0.2) is 96.9 Å². The van der Waals surface area contributed by atoms with E-state index < -0.39 is 0 Å². The minimum Gasteiger partial charge on any atom is -0.361 e. The number of allylic oxidation sites excluding steroid dienone is 3. The zero-order chi connectivity index (χ0) is 48.6. The Morgan fingerprint density at radius 1 is 0.956 bits per heavy atom. The molecule has 0 saturated carbocycles. The Kier molecular flexibility index (Phi) is 16.8. The van der Waals surface area contributed by atoms with E-state index in [0.29, 0.717) is 72.8 Å². The number of fused-ring (bicyclic) bond motifs is 2. The first-order chi connectivity index (χ1) is 32.8. The lowest BCUT2D eigenvalue weighted by Gasteiger charge is -2.50. The topological polar surface area (TPSA) is 74.7 Å². The van der Waals surface area contributed by atoms with Gasteiger partial charge in [0.15, 0.2) is 0 Å². The third-order valence-electron chi connectivity index (χ3n) is 14.8. The molecule has 3 aromatic rings. The van der Waals surface area contributed by atoms with Crippen LogP contribution in [0.25, 0.3) is 22.9 Å². The average Bonchev–Trinajstić information content (AvgIpc) is 3.67. The summed E-state index contributed by atoms with van der Waals surface area (Å²) in [6, 6.07) is 11.5. The Hall–Kier alpha value is -5.52. The van der Waals surface area contributed by atoms with Gasteiger partial charge in [-0.15, -0.1) is 6.58 Å². The van der Waals surface area contributed by atoms with Gasteiger partial charge in [-0.2, -0.15) is 0 Å². The van der Waals surface area contributed by atoms with Crippen LogP contribution in [0.3, 0.4) is 0 Å². The highest BCUT2D eigenvalue weighted by molar-refractivity contribution is 6.33. The zero-order valence-corrected chi connectivity index (χ0v) is 41.5. The van der Waals surface area contributed by atoms with Crippen molar-refractivity contribution in [3.8, 4) is 11.1 Å². The number of carbonyl (C=O) groups is 2. The number of benzene rings is 3. The average molecular weight is 947 g/mol. The van der Waals surface area contributed by atoms with Crippen molar-refractivity contribution in [1.29, 1.82) is 0 Å². The summed E-state index contributed by atoms with van der Waals surface area (Å²) >= 11 is 6.75. The first kappa shape index (κ1) is 50.4. The summed E-state index contributed by atoms with van der Waals surface area (Å²) in [5.74, 6) is -0.250. The zero-order valence-electron chi connectivity index (χ0n) is 40.7. The smallest absolute Gasteiger partial charge is 0.242 e. The molecule has 68 heavy (non-hydrogen) atoms. The molecule has 2 fully saturated rings. The van der Waals surface area contributed by atoms with Gasteiger partial charge < -0.3 is 29.8 Å². The van der Waals surface area contributed by atoms with E-state index in [-0.39, 0.29) is 41.5 Å². The highest BCUT2D eigenvalue weighted by Gasteiger charge is 2.39. The van der Waals surface area contributed by atoms with Gasteiger partial charge in [0.2, 0.25) is 11.8 Å². The fourth-order valence-corrected chi connectivity index (χ4v) is 11.2. The van der Waals surface area contributed by atoms with Crippen molar-refractivity contribution in [3.05, 3.63) is 136 Å². The summed E-state index contributed by atoms with van der Waals surface area (Å²) in [6.45, 7) is 29.0. The van der Waals surface area contributed by atoms with Crippen LogP contribution in [0.1, 0.15) is 112 Å². The molecule has 4 heterocycles. The maximum absolute atomic E-state index is 15.4. The molecule has 4 aliphatic rings. The number of nitrogens with one attached hydrogen (secondary N) is 1. The van der Waals surface area contributed by atoms with Crippen LogP contribution in [0, 0.1) is 18.6 Å². The Morgan fingerprint density at radius 2 is 1.69 bits per heavy atom. The van der Waals surface area contributed by atoms with Crippen molar-refractivity contribution in [2.75, 3.05) is 52.9 Å². The Morgan fingerprint density at radius 3 is 2.40 bits per heavy atom. The van der Waals surface area contributed by atoms with Crippen LogP contribution >= 0.6 is 11.6 Å². The first-order valence-electron chi connectivity index (χ1n) is 24.6. The SMILES string of the molecule is C=CCCC(C(=O)NC)N1Cc2c(cc(F)cc2C2CCN(CCCCCCCN3C(=C)C4CN(C(=O)CC)CCN4C(C)=C3C=Nc3ccc(Cl)c(-c4c(F)cccc4C=C)c3C)CC2)C1=C. The number of nitrogens with zero attached hydrogens (tertiary/aromatic N) is 6. The quantitative estimate of drug-likeness (QED) is 0.0733. The molecule has 3 aromatic carbocycles. The Labute approximate surface area is 408 Å². The third kappa shape index (κ3) is 10.7. The van der Waals surface area contributed by atoms with Crippen molar-refractivity contribution >= 4 is 47.1 Å². The lowest BCUT2D eigenvalue weighted by Crippen LogP contribution is -2.59. The number of carbonyl (C=O) groups excluding carboxylic acids is 2. The van der Waals surface area contributed by atoms with E-state index in [1.807, 2.05) is 48.1 Å². The van der Waals surface area contributed by atoms with E-state index in [9.17, 15) is 9.59 Å². The summed E-state index contributed by atoms with van der Waals surface area (Å²) in [7, 11) is 1.65. The van der Waals surface area contributed by atoms with Crippen LogP contribution in [0.2, 0.25) is 5.02 Å². The highest BCUT2D eigenvalue weighted by atomic mass is 35.5. The predicted molar refractivity (Wildman–Crippen MR) is 275 cm³/mol. The summed E-state index contributed by atoms with van der Waals surface area (Å²) in [5, 5.41) is 3.25. The fourth-order valence-electron chi connectivity index (χ4n) is 10.9. The summed E-state index contributed by atoms with van der Waals surface area (Å²) in [6.07, 6.45) is 14.6. The van der Waals surface area contributed by atoms with Crippen LogP contribution in [-0.2, 0) is 16.1 Å². The second kappa shape index (κ2) is 22.7. The van der Waals surface area contributed by atoms with Gasteiger partial charge in [0.1, 0.15) is 17.7 Å². The van der Waals surface area contributed by atoms with E-state index >= 15 is 8.78 Å². The molecule has 1 N–H and O–H groups in total. The van der Waals surface area contributed by atoms with E-state index in [2.05, 4.69) is 53.3 Å². The number of piperidine rings is 1. The van der Waals surface area contributed by atoms with Gasteiger partial charge in [0.25, 0.3) is 0 Å². The van der Waals surface area contributed by atoms with E-state index in [1.165, 1.54) is 6.07 Å². The predicted octanol–water partition coefficient (Wildman–Crippen LogP) is 11.6. The van der Waals surface area contributed by atoms with E-state index in [1.54, 1.807) is 37.4 Å². The molecule has 0 radical (unpaired) electrons. The van der Waals surface area contributed by atoms with Crippen molar-refractivity contribution in [2.45, 2.75) is 110 Å². The van der Waals surface area contributed by atoms with Crippen molar-refractivity contribution in [1.82, 2.24) is 29.8 Å². The summed E-state index contributed by atoms with van der Waals surface area (Å²) < 4.78 is 30.5. The van der Waals surface area contributed by atoms with Gasteiger partial charge in [-0.3, -0.25) is 14.6 Å². The second-order valence-corrected chi connectivity index (χ2v) is 19.1. The number of halogens is 3. The Balaban J connectivity index is 0.956. The van der Waals surface area contributed by atoms with E-state index in [4.69, 9.17) is 16.6 Å². The lowest BCUT2D eigenvalue weighted by atomic mass is 9.85. The van der Waals surface area contributed by atoms with Crippen LogP contribution < -0.4 is 5.32 Å². The van der Waals surface area contributed by atoms with Gasteiger partial charge >= 0.3 is 0 Å². The van der Waals surface area contributed by atoms with Crippen LogP contribution in [0.4, 0.5) is 14.5 Å². The number of hydrogen-bond donors (Lipinski definition) is 1. The minimum atomic E-state index is -0.382. The maximum atomic E-state index is 15.4. The Bertz CT molecular complexity index is 2470. The molecule has 2 unspecified atom stereocenters. The molecule has 362 valence electrons. The largest absolute Gasteiger partial charge is 0.361 e. The molecule has 9 nitrogen and oxygen atoms in total. The summed E-state index contributed by atoms with van der Waals surface area (Å²) in [4.78, 5) is 42.1. The fraction of sp³-hybridized carbons (Fsp3) is 0.446. The van der Waals surface area contributed by atoms with Gasteiger partial charge in [-0.1, -0.05) is 81.8 Å². The molecule has 2 saturated heterocycles. The van der Waals surface area contributed by atoms with E-state index in [0.717, 1.165) is 116 Å². The second-order valence-electron chi connectivity index (χ2n) is 18.7. The number of likely N-dealkylation sites (N-methyl/N-ethyl adjacent to an activating group) is 1. The maximum Gasteiger partial charge on any atom is 0.242 e. The number of unbranched alkanes of at least 4 members (excludes halogenated alkanes) is 4.